The zero-order valence-corrected chi connectivity index (χ0v) is 21.7. The molecule has 2 amide bonds. The number of sulfone groups is 1. The summed E-state index contributed by atoms with van der Waals surface area (Å²) in [6, 6.07) is 20.2. The number of anilines is 2. The molecule has 198 valence electrons. The van der Waals surface area contributed by atoms with Gasteiger partial charge < -0.3 is 14.5 Å². The van der Waals surface area contributed by atoms with Crippen molar-refractivity contribution in [1.29, 1.82) is 0 Å². The van der Waals surface area contributed by atoms with E-state index < -0.39 is 34.2 Å². The summed E-state index contributed by atoms with van der Waals surface area (Å²) in [5.74, 6) is -1.54. The van der Waals surface area contributed by atoms with E-state index in [0.29, 0.717) is 17.9 Å². The third kappa shape index (κ3) is 5.06. The fourth-order valence-corrected chi connectivity index (χ4v) is 6.02. The van der Waals surface area contributed by atoms with Gasteiger partial charge in [-0.05, 0) is 60.5 Å². The van der Waals surface area contributed by atoms with Crippen LogP contribution in [0.15, 0.2) is 99.3 Å². The van der Waals surface area contributed by atoms with Gasteiger partial charge in [0.2, 0.25) is 15.7 Å². The summed E-state index contributed by atoms with van der Waals surface area (Å²) in [6.07, 6.45) is 2.12. The van der Waals surface area contributed by atoms with E-state index in [1.165, 1.54) is 42.7 Å². The van der Waals surface area contributed by atoms with Gasteiger partial charge in [0.05, 0.1) is 32.9 Å². The van der Waals surface area contributed by atoms with Crippen LogP contribution in [0, 0.1) is 0 Å². The Morgan fingerprint density at radius 1 is 0.949 bits per heavy atom. The summed E-state index contributed by atoms with van der Waals surface area (Å²) in [7, 11) is -4.16. The fraction of sp³-hybridized carbons (Fsp3) is 0.138. The molecule has 4 aromatic rings. The summed E-state index contributed by atoms with van der Waals surface area (Å²) < 4.78 is 37.7. The molecule has 0 fully saturated rings. The first-order valence-corrected chi connectivity index (χ1v) is 13.6. The number of rotatable bonds is 7. The molecule has 5 rings (SSSR count). The Morgan fingerprint density at radius 2 is 1.72 bits per heavy atom. The average molecular weight is 545 g/mol. The van der Waals surface area contributed by atoms with E-state index in [2.05, 4.69) is 5.32 Å². The van der Waals surface area contributed by atoms with Crippen molar-refractivity contribution in [3.8, 4) is 0 Å². The van der Waals surface area contributed by atoms with E-state index in [1.54, 1.807) is 30.3 Å². The van der Waals surface area contributed by atoms with Gasteiger partial charge in [-0.3, -0.25) is 14.5 Å². The van der Waals surface area contributed by atoms with Crippen molar-refractivity contribution in [2.24, 2.45) is 0 Å². The number of carbonyl (C=O) groups excluding carboxylic acids is 3. The van der Waals surface area contributed by atoms with Gasteiger partial charge in [-0.2, -0.15) is 0 Å². The minimum atomic E-state index is -4.16. The highest BCUT2D eigenvalue weighted by molar-refractivity contribution is 7.91. The highest BCUT2D eigenvalue weighted by Gasteiger charge is 2.37. The predicted molar refractivity (Wildman–Crippen MR) is 142 cm³/mol. The van der Waals surface area contributed by atoms with Crippen LogP contribution in [-0.2, 0) is 32.4 Å². The lowest BCUT2D eigenvalue weighted by atomic mass is 10.1. The number of hydrogen-bond donors (Lipinski definition) is 1. The lowest BCUT2D eigenvalue weighted by Gasteiger charge is -2.23. The van der Waals surface area contributed by atoms with Crippen LogP contribution in [0.1, 0.15) is 39.0 Å². The normalized spacial score (nSPS) is 13.7. The highest BCUT2D eigenvalue weighted by atomic mass is 32.2. The van der Waals surface area contributed by atoms with Crippen molar-refractivity contribution in [3.63, 3.8) is 0 Å². The summed E-state index contributed by atoms with van der Waals surface area (Å²) in [5.41, 5.74) is 1.34. The zero-order chi connectivity index (χ0) is 27.6. The summed E-state index contributed by atoms with van der Waals surface area (Å²) >= 11 is 0. The molecule has 0 saturated heterocycles. The van der Waals surface area contributed by atoms with Crippen molar-refractivity contribution >= 4 is 39.0 Å². The molecule has 0 spiro atoms. The molecule has 0 atom stereocenters. The number of amides is 2. The molecular weight excluding hydrogens is 520 g/mol. The number of esters is 1. The first-order valence-electron chi connectivity index (χ1n) is 12.2. The highest BCUT2D eigenvalue weighted by Crippen LogP contribution is 2.37. The van der Waals surface area contributed by atoms with Crippen LogP contribution in [0.5, 0.6) is 0 Å². The monoisotopic (exact) mass is 544 g/mol. The maximum Gasteiger partial charge on any atom is 0.338 e. The first-order chi connectivity index (χ1) is 18.8. The van der Waals surface area contributed by atoms with E-state index in [4.69, 9.17) is 9.15 Å². The van der Waals surface area contributed by atoms with Crippen LogP contribution in [-0.4, -0.2) is 32.7 Å². The molecular formula is C29H24N2O7S. The summed E-state index contributed by atoms with van der Waals surface area (Å²) in [4.78, 5) is 40.4. The van der Waals surface area contributed by atoms with Gasteiger partial charge in [0.1, 0.15) is 18.9 Å². The van der Waals surface area contributed by atoms with E-state index in [1.807, 2.05) is 19.1 Å². The molecule has 1 aromatic heterocycles. The van der Waals surface area contributed by atoms with Gasteiger partial charge in [-0.15, -0.1) is 0 Å². The van der Waals surface area contributed by atoms with Crippen LogP contribution in [0.25, 0.3) is 0 Å². The van der Waals surface area contributed by atoms with Crippen molar-refractivity contribution in [3.05, 3.63) is 108 Å². The molecule has 1 aliphatic rings. The summed E-state index contributed by atoms with van der Waals surface area (Å²) in [6.45, 7) is 1.33. The van der Waals surface area contributed by atoms with Crippen LogP contribution in [0.2, 0.25) is 0 Å². The minimum Gasteiger partial charge on any atom is -0.466 e. The number of nitrogens with one attached hydrogen (secondary N) is 1. The second-order valence-electron chi connectivity index (χ2n) is 8.79. The van der Waals surface area contributed by atoms with Gasteiger partial charge in [-0.25, -0.2) is 13.2 Å². The molecule has 1 aliphatic heterocycles. The summed E-state index contributed by atoms with van der Waals surface area (Å²) in [5, 5.41) is 2.81. The SMILES string of the molecule is CCc1ccccc1NC(=O)CN1C(=O)c2ccccc2S(=O)(=O)c2ccc(C(=O)OCc3ccco3)cc21. The van der Waals surface area contributed by atoms with Crippen LogP contribution in [0.3, 0.4) is 0 Å². The maximum atomic E-state index is 13.7. The Hall–Kier alpha value is -4.70. The number of ether oxygens (including phenoxy) is 1. The van der Waals surface area contributed by atoms with Crippen molar-refractivity contribution < 1.29 is 32.0 Å². The van der Waals surface area contributed by atoms with Gasteiger partial charge in [0.25, 0.3) is 5.91 Å². The van der Waals surface area contributed by atoms with E-state index >= 15 is 0 Å². The molecule has 1 N–H and O–H groups in total. The molecule has 0 saturated carbocycles. The first kappa shape index (κ1) is 25.9. The van der Waals surface area contributed by atoms with Crippen molar-refractivity contribution in [2.45, 2.75) is 29.7 Å². The van der Waals surface area contributed by atoms with E-state index in [-0.39, 0.29) is 33.2 Å². The minimum absolute atomic E-state index is 0.0102. The number of hydrogen-bond acceptors (Lipinski definition) is 7. The Kier molecular flexibility index (Phi) is 7.03. The van der Waals surface area contributed by atoms with Gasteiger partial charge in [-0.1, -0.05) is 37.3 Å². The smallest absolute Gasteiger partial charge is 0.338 e. The standard InChI is InChI=1S/C29H24N2O7S/c1-2-19-8-3-5-11-23(19)30-27(32)17-31-24-16-20(29(34)38-18-21-9-7-15-37-21)13-14-26(24)39(35,36)25-12-6-4-10-22(25)28(31)33/h3-16H,2,17-18H2,1H3,(H,30,32). The Morgan fingerprint density at radius 3 is 2.49 bits per heavy atom. The van der Waals surface area contributed by atoms with E-state index in [0.717, 1.165) is 10.5 Å². The second kappa shape index (κ2) is 10.6. The molecule has 10 heteroatoms. The molecule has 0 aliphatic carbocycles. The largest absolute Gasteiger partial charge is 0.466 e. The lowest BCUT2D eigenvalue weighted by Crippen LogP contribution is -2.38. The topological polar surface area (TPSA) is 123 Å². The zero-order valence-electron chi connectivity index (χ0n) is 20.9. The maximum absolute atomic E-state index is 13.7. The Balaban J connectivity index is 1.54. The molecule has 0 radical (unpaired) electrons. The second-order valence-corrected chi connectivity index (χ2v) is 10.7. The number of nitrogens with zero attached hydrogens (tertiary/aromatic N) is 1. The number of aryl methyl sites for hydroxylation is 1. The quantitative estimate of drug-likeness (QED) is 0.337. The number of fused-ring (bicyclic) bond motifs is 2. The van der Waals surface area contributed by atoms with Gasteiger partial charge in [0, 0.05) is 5.69 Å². The van der Waals surface area contributed by atoms with Crippen molar-refractivity contribution in [1.82, 2.24) is 0 Å². The number of benzene rings is 3. The molecule has 39 heavy (non-hydrogen) atoms. The molecule has 3 aromatic carbocycles. The molecule has 0 bridgehead atoms. The Bertz CT molecular complexity index is 1680. The van der Waals surface area contributed by atoms with Gasteiger partial charge in [0.15, 0.2) is 0 Å². The van der Waals surface area contributed by atoms with E-state index in [9.17, 15) is 22.8 Å². The van der Waals surface area contributed by atoms with Crippen LogP contribution < -0.4 is 10.2 Å². The fourth-order valence-electron chi connectivity index (χ4n) is 4.39. The average Bonchev–Trinajstić information content (AvgIpc) is 3.46. The number of furan rings is 1. The number of carbonyl (C=O) groups is 3. The predicted octanol–water partition coefficient (Wildman–Crippen LogP) is 4.63. The third-order valence-electron chi connectivity index (χ3n) is 6.33. The Labute approximate surface area is 224 Å². The molecule has 9 nitrogen and oxygen atoms in total. The van der Waals surface area contributed by atoms with Crippen molar-refractivity contribution in [2.75, 3.05) is 16.8 Å². The molecule has 2 heterocycles. The third-order valence-corrected chi connectivity index (χ3v) is 8.19. The lowest BCUT2D eigenvalue weighted by molar-refractivity contribution is -0.114. The molecule has 0 unspecified atom stereocenters. The van der Waals surface area contributed by atoms with Crippen LogP contribution in [0.4, 0.5) is 11.4 Å². The van der Waals surface area contributed by atoms with Gasteiger partial charge >= 0.3 is 5.97 Å². The number of para-hydroxylation sites is 1. The van der Waals surface area contributed by atoms with Crippen LogP contribution >= 0.6 is 0 Å².